The summed E-state index contributed by atoms with van der Waals surface area (Å²) >= 11 is 0. The van der Waals surface area contributed by atoms with Crippen molar-refractivity contribution in [2.75, 3.05) is 0 Å². The molecule has 0 heterocycles. The fraction of sp³-hybridized carbons (Fsp3) is 0.529. The summed E-state index contributed by atoms with van der Waals surface area (Å²) in [6.07, 6.45) is 33.8. The average molecular weight is 926 g/mol. The molecular weight excluding hydrogens is 817 g/mol. The molecule has 6 rings (SSSR count). The lowest BCUT2D eigenvalue weighted by atomic mass is 9.69. The zero-order valence-corrected chi connectivity index (χ0v) is 50.0. The maximum absolute atomic E-state index is 2.56. The molecule has 0 aromatic heterocycles. The molecule has 0 spiro atoms. The number of hydrogen-bond donors (Lipinski definition) is 0. The van der Waals surface area contributed by atoms with Gasteiger partial charge in [-0.05, 0) is 243 Å². The largest absolute Gasteiger partial charge is 0.0850 e. The molecule has 6 atom stereocenters. The Morgan fingerprint density at radius 1 is 0.382 bits per heavy atom. The molecule has 0 fully saturated rings. The molecular formula is C68H108. The molecule has 0 saturated heterocycles. The number of rotatable bonds is 0. The highest BCUT2D eigenvalue weighted by Gasteiger charge is 2.38. The van der Waals surface area contributed by atoms with Gasteiger partial charge in [0.05, 0.1) is 0 Å². The molecule has 0 N–H and O–H groups in total. The average Bonchev–Trinajstić information content (AvgIpc) is 3.64. The number of allylic oxidation sites excluding steroid dienone is 32. The molecule has 6 aliphatic carbocycles. The molecule has 6 aliphatic rings. The van der Waals surface area contributed by atoms with E-state index in [1.54, 1.807) is 11.1 Å². The lowest BCUT2D eigenvalue weighted by molar-refractivity contribution is 0.204. The van der Waals surface area contributed by atoms with Crippen molar-refractivity contribution in [3.63, 3.8) is 0 Å². The Kier molecular flexibility index (Phi) is 33.1. The first-order chi connectivity index (χ1) is 32.1. The molecule has 0 bridgehead atoms. The van der Waals surface area contributed by atoms with E-state index in [4.69, 9.17) is 0 Å². The molecule has 0 aromatic carbocycles. The van der Waals surface area contributed by atoms with Crippen molar-refractivity contribution in [3.05, 3.63) is 185 Å². The normalized spacial score (nSPS) is 27.1. The van der Waals surface area contributed by atoms with Crippen molar-refractivity contribution in [2.45, 2.75) is 207 Å². The Balaban J connectivity index is 0. The summed E-state index contributed by atoms with van der Waals surface area (Å²) in [5.74, 6) is 4.77. The molecule has 0 radical (unpaired) electrons. The van der Waals surface area contributed by atoms with E-state index in [1.165, 1.54) is 102 Å². The minimum absolute atomic E-state index is 0.752. The Bertz CT molecular complexity index is 2070. The third-order valence-corrected chi connectivity index (χ3v) is 14.6. The third kappa shape index (κ3) is 19.7. The van der Waals surface area contributed by atoms with Crippen molar-refractivity contribution < 1.29 is 0 Å². The van der Waals surface area contributed by atoms with Gasteiger partial charge in [-0.3, -0.25) is 0 Å². The van der Waals surface area contributed by atoms with Gasteiger partial charge in [0.1, 0.15) is 0 Å². The topological polar surface area (TPSA) is 0 Å². The molecule has 0 amide bonds. The zero-order valence-electron chi connectivity index (χ0n) is 50.0. The van der Waals surface area contributed by atoms with Crippen molar-refractivity contribution in [2.24, 2.45) is 35.5 Å². The van der Waals surface area contributed by atoms with Gasteiger partial charge in [0.2, 0.25) is 0 Å². The Morgan fingerprint density at radius 3 is 1.29 bits per heavy atom. The maximum atomic E-state index is 2.56. The van der Waals surface area contributed by atoms with Crippen LogP contribution in [0.15, 0.2) is 185 Å². The van der Waals surface area contributed by atoms with Gasteiger partial charge in [-0.2, -0.15) is 0 Å². The Hall–Kier alpha value is -4.16. The summed E-state index contributed by atoms with van der Waals surface area (Å²) in [6.45, 7) is 61.1. The van der Waals surface area contributed by atoms with Gasteiger partial charge in [-0.25, -0.2) is 0 Å². The van der Waals surface area contributed by atoms with Gasteiger partial charge in [0.25, 0.3) is 0 Å². The summed E-state index contributed by atoms with van der Waals surface area (Å²) in [5, 5.41) is 0. The highest BCUT2D eigenvalue weighted by molar-refractivity contribution is 5.67. The van der Waals surface area contributed by atoms with Crippen LogP contribution in [-0.4, -0.2) is 0 Å². The summed E-state index contributed by atoms with van der Waals surface area (Å²) in [4.78, 5) is 0. The van der Waals surface area contributed by atoms with Crippen LogP contribution in [0.5, 0.6) is 0 Å². The highest BCUT2D eigenvalue weighted by Crippen LogP contribution is 2.47. The van der Waals surface area contributed by atoms with Gasteiger partial charge in [0, 0.05) is 0 Å². The maximum Gasteiger partial charge on any atom is -0.0109 e. The van der Waals surface area contributed by atoms with Gasteiger partial charge in [0.15, 0.2) is 0 Å². The van der Waals surface area contributed by atoms with E-state index in [-0.39, 0.29) is 0 Å². The van der Waals surface area contributed by atoms with Crippen molar-refractivity contribution in [1.82, 2.24) is 0 Å². The molecule has 0 aromatic rings. The molecule has 0 aliphatic heterocycles. The SMILES string of the molecule is CC.CC.CC.CC.CC1=C(C)/C(C)=C(C)\C=C/C=C1.CC1=C/C=C\C=C(\C)C(C)=C1C.CC1=CC(C)=C2C(C)=C(C)C=CC(C)=C2C(C)=C1.CC1=CC[C@H](C)C(C)[C@@H]2C(C)=C[C@@H](C)CC(C)[C@H]12. The van der Waals surface area contributed by atoms with E-state index in [0.717, 1.165) is 35.5 Å². The van der Waals surface area contributed by atoms with Crippen molar-refractivity contribution in [3.8, 4) is 0 Å². The third-order valence-electron chi connectivity index (χ3n) is 14.6. The van der Waals surface area contributed by atoms with E-state index in [2.05, 4.69) is 224 Å². The monoisotopic (exact) mass is 925 g/mol. The van der Waals surface area contributed by atoms with Crippen LogP contribution in [-0.2, 0) is 0 Å². The molecule has 0 nitrogen and oxygen atoms in total. The Morgan fingerprint density at radius 2 is 0.824 bits per heavy atom. The predicted molar refractivity (Wildman–Crippen MR) is 316 cm³/mol. The van der Waals surface area contributed by atoms with Crippen LogP contribution in [0.1, 0.15) is 207 Å². The lowest BCUT2D eigenvalue weighted by Gasteiger charge is -2.36. The predicted octanol–water partition coefficient (Wildman–Crippen LogP) is 22.6. The first-order valence-corrected chi connectivity index (χ1v) is 27.0. The highest BCUT2D eigenvalue weighted by atomic mass is 14.4. The standard InChI is InChI=1S/C18H30.C18H22.2C12H16.4C2H6/c2*1-11-9-14(4)17-13(3)8-7-12(2)16(6)18(17)15(5)10-11;2*1-9-7-5-6-8-10(2)12(4)11(9)3;4*1-2/h8,10-12,14,16-18H,7,9H2,1-6H3;7-10H,1-6H3;2*5-8H,1-4H3;4*1-2H3/b;;6-5?,7-5-,8-6?,9-7?,10-8?,11-9-,12-10?,12-11?;6-5-,7-5?,8-6?,9-7-,10-8?,11-9?,12-10?,12-11?;;;;/t11-,12-,14?,16?,17-,18-;;;;;;;/m0......./s1. The minimum atomic E-state index is 0.752. The van der Waals surface area contributed by atoms with Gasteiger partial charge in [-0.1, -0.05) is 185 Å². The second kappa shape index (κ2) is 34.2. The van der Waals surface area contributed by atoms with Gasteiger partial charge < -0.3 is 0 Å². The summed E-state index contributed by atoms with van der Waals surface area (Å²) in [5.41, 5.74) is 25.3. The summed E-state index contributed by atoms with van der Waals surface area (Å²) in [7, 11) is 0. The minimum Gasteiger partial charge on any atom is -0.0850 e. The van der Waals surface area contributed by atoms with Crippen LogP contribution in [0, 0.1) is 35.5 Å². The fourth-order valence-electron chi connectivity index (χ4n) is 9.94. The van der Waals surface area contributed by atoms with Crippen LogP contribution in [0.2, 0.25) is 0 Å². The number of fused-ring (bicyclic) bond motifs is 2. The fourth-order valence-corrected chi connectivity index (χ4v) is 9.94. The number of hydrogen-bond acceptors (Lipinski definition) is 0. The van der Waals surface area contributed by atoms with Gasteiger partial charge >= 0.3 is 0 Å². The second-order valence-electron chi connectivity index (χ2n) is 19.3. The summed E-state index contributed by atoms with van der Waals surface area (Å²) in [6, 6.07) is 0. The van der Waals surface area contributed by atoms with Crippen LogP contribution in [0.4, 0.5) is 0 Å². The second-order valence-corrected chi connectivity index (χ2v) is 19.3. The summed E-state index contributed by atoms with van der Waals surface area (Å²) < 4.78 is 0. The van der Waals surface area contributed by atoms with Crippen LogP contribution in [0.25, 0.3) is 0 Å². The van der Waals surface area contributed by atoms with Crippen molar-refractivity contribution >= 4 is 0 Å². The molecule has 380 valence electrons. The Labute approximate surface area is 425 Å². The molecule has 68 heavy (non-hydrogen) atoms. The molecule has 0 saturated carbocycles. The quantitative estimate of drug-likeness (QED) is 0.212. The van der Waals surface area contributed by atoms with E-state index in [1.807, 2.05) is 55.4 Å². The van der Waals surface area contributed by atoms with E-state index in [0.29, 0.717) is 0 Å². The first kappa shape index (κ1) is 65.9. The van der Waals surface area contributed by atoms with E-state index < -0.39 is 0 Å². The van der Waals surface area contributed by atoms with Crippen molar-refractivity contribution in [1.29, 1.82) is 0 Å². The zero-order chi connectivity index (χ0) is 53.2. The van der Waals surface area contributed by atoms with Crippen LogP contribution >= 0.6 is 0 Å². The van der Waals surface area contributed by atoms with Gasteiger partial charge in [-0.15, -0.1) is 0 Å². The molecule has 2 unspecified atom stereocenters. The lowest BCUT2D eigenvalue weighted by Crippen LogP contribution is -2.29. The van der Waals surface area contributed by atoms with E-state index >= 15 is 0 Å². The molecule has 0 heteroatoms. The smallest absolute Gasteiger partial charge is 0.0109 e. The first-order valence-electron chi connectivity index (χ1n) is 27.0. The van der Waals surface area contributed by atoms with E-state index in [9.17, 15) is 0 Å². The van der Waals surface area contributed by atoms with Crippen LogP contribution in [0.3, 0.4) is 0 Å². The van der Waals surface area contributed by atoms with Crippen LogP contribution < -0.4 is 0 Å².